The van der Waals surface area contributed by atoms with E-state index in [1.807, 2.05) is 17.0 Å². The van der Waals surface area contributed by atoms with Crippen molar-refractivity contribution in [2.75, 3.05) is 11.4 Å². The summed E-state index contributed by atoms with van der Waals surface area (Å²) >= 11 is 0. The summed E-state index contributed by atoms with van der Waals surface area (Å²) in [6.07, 6.45) is 2.39. The molecule has 1 aliphatic rings. The maximum absolute atomic E-state index is 9.27. The van der Waals surface area contributed by atoms with Crippen LogP contribution in [0, 0.1) is 17.9 Å². The van der Waals surface area contributed by atoms with E-state index in [9.17, 15) is 5.26 Å². The Kier molecular flexibility index (Phi) is 3.64. The van der Waals surface area contributed by atoms with Gasteiger partial charge in [0.1, 0.15) is 23.3 Å². The number of hydrogen-bond donors (Lipinski definition) is 0. The third-order valence-corrected chi connectivity index (χ3v) is 4.16. The second kappa shape index (κ2) is 6.10. The third kappa shape index (κ3) is 2.71. The first-order valence-electron chi connectivity index (χ1n) is 7.85. The molecule has 120 valence electrons. The number of benzene rings is 1. The van der Waals surface area contributed by atoms with Crippen molar-refractivity contribution in [1.29, 1.82) is 5.26 Å². The highest BCUT2D eigenvalue weighted by Gasteiger charge is 2.25. The summed E-state index contributed by atoms with van der Waals surface area (Å²) < 4.78 is 5.91. The minimum atomic E-state index is 0.527. The van der Waals surface area contributed by atoms with E-state index < -0.39 is 0 Å². The van der Waals surface area contributed by atoms with Gasteiger partial charge in [-0.3, -0.25) is 0 Å². The molecule has 1 aromatic carbocycles. The SMILES string of the molecule is [C-]#[N+]c1cccc(-c2nc3c(o2)CCN(c2ncccc2C#N)C3)c1. The van der Waals surface area contributed by atoms with Crippen LogP contribution < -0.4 is 4.90 Å². The van der Waals surface area contributed by atoms with Gasteiger partial charge in [-0.05, 0) is 18.2 Å². The maximum Gasteiger partial charge on any atom is 0.225 e. The van der Waals surface area contributed by atoms with Crippen LogP contribution in [-0.4, -0.2) is 16.5 Å². The number of fused-ring (bicyclic) bond motifs is 1. The normalized spacial score (nSPS) is 13.0. The van der Waals surface area contributed by atoms with E-state index >= 15 is 0 Å². The largest absolute Gasteiger partial charge is 0.441 e. The van der Waals surface area contributed by atoms with Gasteiger partial charge in [-0.1, -0.05) is 18.2 Å². The molecule has 1 aliphatic heterocycles. The predicted octanol–water partition coefficient (Wildman–Crippen LogP) is 3.72. The molecule has 0 spiro atoms. The smallest absolute Gasteiger partial charge is 0.225 e. The zero-order valence-corrected chi connectivity index (χ0v) is 13.3. The lowest BCUT2D eigenvalue weighted by atomic mass is 10.1. The summed E-state index contributed by atoms with van der Waals surface area (Å²) in [6.45, 7) is 8.39. The van der Waals surface area contributed by atoms with Crippen molar-refractivity contribution >= 4 is 11.5 Å². The minimum absolute atomic E-state index is 0.527. The molecule has 0 amide bonds. The standard InChI is InChI=1S/C19H13N5O/c1-21-15-6-2-4-13(10-15)19-23-16-12-24(9-7-17(16)25-19)18-14(11-20)5-3-8-22-18/h2-6,8,10H,7,9,12H2. The molecule has 2 aromatic heterocycles. The van der Waals surface area contributed by atoms with Crippen LogP contribution in [0.2, 0.25) is 0 Å². The van der Waals surface area contributed by atoms with Crippen molar-refractivity contribution in [3.05, 3.63) is 71.0 Å². The summed E-state index contributed by atoms with van der Waals surface area (Å²) in [6, 6.07) is 12.9. The zero-order valence-electron chi connectivity index (χ0n) is 13.3. The Balaban J connectivity index is 1.66. The molecule has 0 aliphatic carbocycles. The van der Waals surface area contributed by atoms with E-state index in [4.69, 9.17) is 11.0 Å². The van der Waals surface area contributed by atoms with Gasteiger partial charge in [-0.25, -0.2) is 14.8 Å². The summed E-state index contributed by atoms with van der Waals surface area (Å²) in [5.41, 5.74) is 2.76. The van der Waals surface area contributed by atoms with Crippen molar-refractivity contribution < 1.29 is 4.42 Å². The first-order valence-corrected chi connectivity index (χ1v) is 7.85. The fourth-order valence-corrected chi connectivity index (χ4v) is 2.95. The summed E-state index contributed by atoms with van der Waals surface area (Å²) in [5, 5.41) is 9.27. The molecule has 3 aromatic rings. The molecule has 0 saturated heterocycles. The van der Waals surface area contributed by atoms with E-state index in [2.05, 4.69) is 20.9 Å². The number of oxazole rings is 1. The van der Waals surface area contributed by atoms with Crippen LogP contribution in [0.1, 0.15) is 17.0 Å². The van der Waals surface area contributed by atoms with Gasteiger partial charge in [-0.15, -0.1) is 0 Å². The molecule has 25 heavy (non-hydrogen) atoms. The average Bonchev–Trinajstić information content (AvgIpc) is 3.11. The topological polar surface area (TPSA) is 70.3 Å². The first kappa shape index (κ1) is 14.9. The first-order chi connectivity index (χ1) is 12.3. The van der Waals surface area contributed by atoms with Gasteiger partial charge in [0.05, 0.1) is 18.7 Å². The highest BCUT2D eigenvalue weighted by molar-refractivity contribution is 5.62. The number of nitrogens with zero attached hydrogens (tertiary/aromatic N) is 5. The molecule has 0 atom stereocenters. The monoisotopic (exact) mass is 327 g/mol. The highest BCUT2D eigenvalue weighted by atomic mass is 16.4. The van der Waals surface area contributed by atoms with Crippen LogP contribution in [0.25, 0.3) is 16.3 Å². The van der Waals surface area contributed by atoms with E-state index in [1.165, 1.54) is 0 Å². The average molecular weight is 327 g/mol. The quantitative estimate of drug-likeness (QED) is 0.671. The lowest BCUT2D eigenvalue weighted by Gasteiger charge is -2.26. The Bertz CT molecular complexity index is 1020. The molecular weight excluding hydrogens is 314 g/mol. The van der Waals surface area contributed by atoms with Gasteiger partial charge in [0.25, 0.3) is 0 Å². The second-order valence-corrected chi connectivity index (χ2v) is 5.71. The van der Waals surface area contributed by atoms with Crippen LogP contribution >= 0.6 is 0 Å². The fourth-order valence-electron chi connectivity index (χ4n) is 2.95. The predicted molar refractivity (Wildman–Crippen MR) is 91.9 cm³/mol. The number of hydrogen-bond acceptors (Lipinski definition) is 5. The van der Waals surface area contributed by atoms with Crippen molar-refractivity contribution in [2.24, 2.45) is 0 Å². The van der Waals surface area contributed by atoms with Gasteiger partial charge in [0.15, 0.2) is 5.69 Å². The summed E-state index contributed by atoms with van der Waals surface area (Å²) in [7, 11) is 0. The third-order valence-electron chi connectivity index (χ3n) is 4.16. The number of anilines is 1. The Labute approximate surface area is 144 Å². The van der Waals surface area contributed by atoms with E-state index in [0.29, 0.717) is 35.9 Å². The molecular formula is C19H13N5O. The van der Waals surface area contributed by atoms with Crippen LogP contribution in [-0.2, 0) is 13.0 Å². The van der Waals surface area contributed by atoms with E-state index in [-0.39, 0.29) is 0 Å². The van der Waals surface area contributed by atoms with Gasteiger partial charge in [0, 0.05) is 24.7 Å². The van der Waals surface area contributed by atoms with E-state index in [0.717, 1.165) is 23.6 Å². The van der Waals surface area contributed by atoms with Crippen LogP contribution in [0.3, 0.4) is 0 Å². The Hall–Kier alpha value is -3.64. The molecule has 0 unspecified atom stereocenters. The van der Waals surface area contributed by atoms with Crippen molar-refractivity contribution in [2.45, 2.75) is 13.0 Å². The maximum atomic E-state index is 9.27. The molecule has 6 nitrogen and oxygen atoms in total. The van der Waals surface area contributed by atoms with Crippen LogP contribution in [0.4, 0.5) is 11.5 Å². The van der Waals surface area contributed by atoms with Crippen molar-refractivity contribution in [3.8, 4) is 17.5 Å². The van der Waals surface area contributed by atoms with Gasteiger partial charge >= 0.3 is 0 Å². The van der Waals surface area contributed by atoms with Crippen LogP contribution in [0.15, 0.2) is 47.0 Å². The fraction of sp³-hybridized carbons (Fsp3) is 0.158. The lowest BCUT2D eigenvalue weighted by molar-refractivity contribution is 0.498. The highest BCUT2D eigenvalue weighted by Crippen LogP contribution is 2.30. The summed E-state index contributed by atoms with van der Waals surface area (Å²) in [4.78, 5) is 14.4. The number of rotatable bonds is 2. The molecule has 3 heterocycles. The van der Waals surface area contributed by atoms with Gasteiger partial charge in [0.2, 0.25) is 5.89 Å². The Morgan fingerprint density at radius 1 is 1.28 bits per heavy atom. The number of pyridine rings is 1. The molecule has 0 saturated carbocycles. The molecule has 6 heteroatoms. The lowest BCUT2D eigenvalue weighted by Crippen LogP contribution is -2.31. The van der Waals surface area contributed by atoms with Gasteiger partial charge in [-0.2, -0.15) is 5.26 Å². The molecule has 0 radical (unpaired) electrons. The van der Waals surface area contributed by atoms with E-state index in [1.54, 1.807) is 30.5 Å². The van der Waals surface area contributed by atoms with Crippen molar-refractivity contribution in [3.63, 3.8) is 0 Å². The number of nitriles is 1. The second-order valence-electron chi connectivity index (χ2n) is 5.71. The molecule has 0 bridgehead atoms. The molecule has 0 N–H and O–H groups in total. The Morgan fingerprint density at radius 3 is 3.04 bits per heavy atom. The number of aromatic nitrogens is 2. The van der Waals surface area contributed by atoms with Crippen LogP contribution in [0.5, 0.6) is 0 Å². The van der Waals surface area contributed by atoms with Crippen molar-refractivity contribution in [1.82, 2.24) is 9.97 Å². The van der Waals surface area contributed by atoms with Gasteiger partial charge < -0.3 is 9.32 Å². The summed E-state index contributed by atoms with van der Waals surface area (Å²) in [5.74, 6) is 2.06. The minimum Gasteiger partial charge on any atom is -0.441 e. The molecule has 4 rings (SSSR count). The zero-order chi connectivity index (χ0) is 17.2. The molecule has 0 fully saturated rings. The Morgan fingerprint density at radius 2 is 2.20 bits per heavy atom.